The minimum Gasteiger partial charge on any atom is -0.369 e. The monoisotopic (exact) mass is 263 g/mol. The molecule has 0 radical (unpaired) electrons. The van der Waals surface area contributed by atoms with E-state index in [9.17, 15) is 0 Å². The maximum absolute atomic E-state index is 4.42. The molecule has 2 aromatic rings. The number of nitrogens with zero attached hydrogens (tertiary/aromatic N) is 3. The Morgan fingerprint density at radius 3 is 2.89 bits per heavy atom. The summed E-state index contributed by atoms with van der Waals surface area (Å²) in [5, 5.41) is 9.59. The predicted molar refractivity (Wildman–Crippen MR) is 75.2 cm³/mol. The van der Waals surface area contributed by atoms with Gasteiger partial charge in [0.25, 0.3) is 0 Å². The van der Waals surface area contributed by atoms with Crippen molar-refractivity contribution >= 4 is 23.1 Å². The Morgan fingerprint density at radius 1 is 1.28 bits per heavy atom. The van der Waals surface area contributed by atoms with Gasteiger partial charge in [-0.05, 0) is 19.9 Å². The third-order valence-electron chi connectivity index (χ3n) is 2.30. The lowest BCUT2D eigenvalue weighted by Crippen LogP contribution is -2.08. The van der Waals surface area contributed by atoms with Crippen LogP contribution >= 0.6 is 11.3 Å². The Morgan fingerprint density at radius 2 is 2.17 bits per heavy atom. The molecule has 0 unspecified atom stereocenters. The van der Waals surface area contributed by atoms with E-state index >= 15 is 0 Å². The topological polar surface area (TPSA) is 62.7 Å². The zero-order chi connectivity index (χ0) is 12.8. The molecule has 0 spiro atoms. The summed E-state index contributed by atoms with van der Waals surface area (Å²) in [6, 6.07) is 1.87. The maximum atomic E-state index is 4.42. The normalized spacial score (nSPS) is 10.3. The van der Waals surface area contributed by atoms with Crippen LogP contribution in [-0.4, -0.2) is 28.0 Å². The van der Waals surface area contributed by atoms with Crippen molar-refractivity contribution in [3.05, 3.63) is 28.3 Å². The highest BCUT2D eigenvalue weighted by molar-refractivity contribution is 7.09. The van der Waals surface area contributed by atoms with E-state index < -0.39 is 0 Å². The van der Waals surface area contributed by atoms with Crippen molar-refractivity contribution in [1.82, 2.24) is 15.0 Å². The highest BCUT2D eigenvalue weighted by Crippen LogP contribution is 2.10. The van der Waals surface area contributed by atoms with E-state index in [4.69, 9.17) is 0 Å². The molecule has 0 aliphatic heterocycles. The predicted octanol–water partition coefficient (Wildman–Crippen LogP) is 2.33. The van der Waals surface area contributed by atoms with Gasteiger partial charge in [0.15, 0.2) is 0 Å². The molecular weight excluding hydrogens is 246 g/mol. The summed E-state index contributed by atoms with van der Waals surface area (Å²) in [7, 11) is 0. The second-order valence-corrected chi connectivity index (χ2v) is 4.80. The van der Waals surface area contributed by atoms with Gasteiger partial charge in [0.2, 0.25) is 5.95 Å². The fraction of sp³-hybridized carbons (Fsp3) is 0.417. The van der Waals surface area contributed by atoms with Crippen LogP contribution in [0.25, 0.3) is 0 Å². The second-order valence-electron chi connectivity index (χ2n) is 3.86. The maximum Gasteiger partial charge on any atom is 0.224 e. The van der Waals surface area contributed by atoms with E-state index in [1.165, 1.54) is 0 Å². The van der Waals surface area contributed by atoms with Crippen LogP contribution in [0, 0.1) is 6.92 Å². The molecule has 2 N–H and O–H groups in total. The minimum atomic E-state index is 0.660. The summed E-state index contributed by atoms with van der Waals surface area (Å²) in [5.41, 5.74) is 1.09. The molecule has 2 rings (SSSR count). The van der Waals surface area contributed by atoms with Crippen LogP contribution in [0.1, 0.15) is 17.6 Å². The van der Waals surface area contributed by atoms with Gasteiger partial charge in [0.1, 0.15) is 5.82 Å². The first-order chi connectivity index (χ1) is 8.78. The third kappa shape index (κ3) is 3.66. The molecule has 0 aliphatic rings. The number of rotatable bonds is 6. The van der Waals surface area contributed by atoms with Gasteiger partial charge in [0, 0.05) is 36.8 Å². The van der Waals surface area contributed by atoms with Gasteiger partial charge in [-0.15, -0.1) is 11.3 Å². The Hall–Kier alpha value is -1.69. The molecule has 0 fully saturated rings. The fourth-order valence-electron chi connectivity index (χ4n) is 1.52. The smallest absolute Gasteiger partial charge is 0.224 e. The molecule has 5 nitrogen and oxygen atoms in total. The summed E-state index contributed by atoms with van der Waals surface area (Å²) in [6.45, 7) is 5.69. The lowest BCUT2D eigenvalue weighted by molar-refractivity contribution is 0.971. The highest BCUT2D eigenvalue weighted by Gasteiger charge is 2.00. The Balaban J connectivity index is 1.84. The van der Waals surface area contributed by atoms with Crippen LogP contribution in [0.3, 0.4) is 0 Å². The van der Waals surface area contributed by atoms with Gasteiger partial charge >= 0.3 is 0 Å². The molecule has 0 bridgehead atoms. The molecule has 96 valence electrons. The summed E-state index contributed by atoms with van der Waals surface area (Å²) in [5.74, 6) is 1.50. The standard InChI is InChI=1S/C12H17N5S/c1-3-13-12-15-6-4-10(17-12)14-7-5-11-16-9(2)8-18-11/h4,6,8H,3,5,7H2,1-2H3,(H2,13,14,15,17). The molecule has 0 aliphatic carbocycles. The molecular formula is C12H17N5S. The number of hydrogen-bond acceptors (Lipinski definition) is 6. The first-order valence-corrected chi connectivity index (χ1v) is 6.87. The van der Waals surface area contributed by atoms with Crippen molar-refractivity contribution in [2.24, 2.45) is 0 Å². The molecule has 2 heterocycles. The van der Waals surface area contributed by atoms with Crippen molar-refractivity contribution in [1.29, 1.82) is 0 Å². The van der Waals surface area contributed by atoms with Crippen molar-refractivity contribution in [3.63, 3.8) is 0 Å². The number of aromatic nitrogens is 3. The lowest BCUT2D eigenvalue weighted by atomic mass is 10.4. The average Bonchev–Trinajstić information content (AvgIpc) is 2.76. The molecule has 0 saturated heterocycles. The highest BCUT2D eigenvalue weighted by atomic mass is 32.1. The van der Waals surface area contributed by atoms with E-state index in [-0.39, 0.29) is 0 Å². The number of hydrogen-bond donors (Lipinski definition) is 2. The number of thiazole rings is 1. The Kier molecular flexibility index (Phi) is 4.46. The fourth-order valence-corrected chi connectivity index (χ4v) is 2.29. The molecule has 0 saturated carbocycles. The minimum absolute atomic E-state index is 0.660. The van der Waals surface area contributed by atoms with Crippen LogP contribution in [-0.2, 0) is 6.42 Å². The molecule has 0 aromatic carbocycles. The molecule has 18 heavy (non-hydrogen) atoms. The first-order valence-electron chi connectivity index (χ1n) is 5.99. The third-order valence-corrected chi connectivity index (χ3v) is 3.33. The van der Waals surface area contributed by atoms with Crippen molar-refractivity contribution in [2.45, 2.75) is 20.3 Å². The van der Waals surface area contributed by atoms with Crippen LogP contribution < -0.4 is 10.6 Å². The van der Waals surface area contributed by atoms with E-state index in [1.54, 1.807) is 17.5 Å². The quantitative estimate of drug-likeness (QED) is 0.837. The van der Waals surface area contributed by atoms with Gasteiger partial charge in [-0.2, -0.15) is 4.98 Å². The largest absolute Gasteiger partial charge is 0.369 e. The SMILES string of the molecule is CCNc1nccc(NCCc2nc(C)cs2)n1. The van der Waals surface area contributed by atoms with Crippen LogP contribution in [0.2, 0.25) is 0 Å². The van der Waals surface area contributed by atoms with Crippen molar-refractivity contribution < 1.29 is 0 Å². The Bertz CT molecular complexity index is 497. The van der Waals surface area contributed by atoms with E-state index in [1.807, 2.05) is 19.9 Å². The molecule has 0 amide bonds. The summed E-state index contributed by atoms with van der Waals surface area (Å²) < 4.78 is 0. The van der Waals surface area contributed by atoms with Crippen LogP contribution in [0.4, 0.5) is 11.8 Å². The van der Waals surface area contributed by atoms with Crippen molar-refractivity contribution in [3.8, 4) is 0 Å². The first kappa shape index (κ1) is 12.8. The summed E-state index contributed by atoms with van der Waals surface area (Å²) >= 11 is 1.70. The summed E-state index contributed by atoms with van der Waals surface area (Å²) in [4.78, 5) is 12.9. The summed E-state index contributed by atoms with van der Waals surface area (Å²) in [6.07, 6.45) is 2.67. The zero-order valence-electron chi connectivity index (χ0n) is 10.6. The van der Waals surface area contributed by atoms with E-state index in [2.05, 4.69) is 31.0 Å². The van der Waals surface area contributed by atoms with E-state index in [0.717, 1.165) is 36.0 Å². The van der Waals surface area contributed by atoms with Crippen LogP contribution in [0.15, 0.2) is 17.6 Å². The zero-order valence-corrected chi connectivity index (χ0v) is 11.4. The number of anilines is 2. The van der Waals surface area contributed by atoms with Gasteiger partial charge in [-0.1, -0.05) is 0 Å². The Labute approximate surface area is 111 Å². The van der Waals surface area contributed by atoms with Gasteiger partial charge in [-0.3, -0.25) is 0 Å². The number of aryl methyl sites for hydroxylation is 1. The lowest BCUT2D eigenvalue weighted by Gasteiger charge is -2.06. The van der Waals surface area contributed by atoms with E-state index in [0.29, 0.717) is 5.95 Å². The van der Waals surface area contributed by atoms with Crippen molar-refractivity contribution in [2.75, 3.05) is 23.7 Å². The van der Waals surface area contributed by atoms with Gasteiger partial charge in [0.05, 0.1) is 5.01 Å². The van der Waals surface area contributed by atoms with Crippen LogP contribution in [0.5, 0.6) is 0 Å². The number of nitrogens with one attached hydrogen (secondary N) is 2. The van der Waals surface area contributed by atoms with Gasteiger partial charge in [-0.25, -0.2) is 9.97 Å². The second kappa shape index (κ2) is 6.30. The molecule has 0 atom stereocenters. The van der Waals surface area contributed by atoms with Gasteiger partial charge < -0.3 is 10.6 Å². The molecule has 6 heteroatoms. The average molecular weight is 263 g/mol. The molecule has 2 aromatic heterocycles.